The van der Waals surface area contributed by atoms with E-state index in [4.69, 9.17) is 10.8 Å². The molecule has 12 heteroatoms. The van der Waals surface area contributed by atoms with Crippen LogP contribution in [0.15, 0.2) is 34.9 Å². The van der Waals surface area contributed by atoms with E-state index in [1.54, 1.807) is 6.07 Å². The average Bonchev–Trinajstić information content (AvgIpc) is 3.25. The molecule has 182 valence electrons. The second-order valence-corrected chi connectivity index (χ2v) is 10.4. The Morgan fingerprint density at radius 1 is 1.29 bits per heavy atom. The summed E-state index contributed by atoms with van der Waals surface area (Å²) in [4.78, 5) is 49.1. The summed E-state index contributed by atoms with van der Waals surface area (Å²) in [7, 11) is 0. The molecule has 0 bridgehead atoms. The number of benzene rings is 1. The molecule has 0 aromatic heterocycles. The zero-order valence-corrected chi connectivity index (χ0v) is 19.3. The lowest BCUT2D eigenvalue weighted by atomic mass is 9.79. The van der Waals surface area contributed by atoms with Gasteiger partial charge in [-0.2, -0.15) is 0 Å². The summed E-state index contributed by atoms with van der Waals surface area (Å²) in [6.07, 6.45) is -0.716. The molecule has 7 N–H and O–H groups in total. The summed E-state index contributed by atoms with van der Waals surface area (Å²) >= 11 is 1.14. The molecule has 3 aliphatic rings. The molecule has 2 saturated heterocycles. The topological polar surface area (TPSA) is 182 Å². The van der Waals surface area contributed by atoms with E-state index in [1.165, 1.54) is 30.0 Å². The van der Waals surface area contributed by atoms with E-state index < -0.39 is 52.7 Å². The number of aliphatic hydroxyl groups excluding tert-OH is 1. The smallest absolute Gasteiger partial charge is 0.353 e. The summed E-state index contributed by atoms with van der Waals surface area (Å²) in [6.45, 7) is 3.54. The van der Waals surface area contributed by atoms with Gasteiger partial charge in [0, 0.05) is 29.5 Å². The van der Waals surface area contributed by atoms with E-state index in [0.29, 0.717) is 10.6 Å². The molecule has 3 unspecified atom stereocenters. The number of fused-ring (bicyclic) bond motifs is 1. The van der Waals surface area contributed by atoms with Crippen molar-refractivity contribution in [3.8, 4) is 0 Å². The first-order valence-electron chi connectivity index (χ1n) is 10.8. The number of amides is 2. The van der Waals surface area contributed by atoms with Gasteiger partial charge >= 0.3 is 11.9 Å². The molecule has 1 aromatic carbocycles. The predicted octanol–water partition coefficient (Wildman–Crippen LogP) is 0.227. The number of hydrogen-bond acceptors (Lipinski definition) is 8. The molecular weight excluding hydrogens is 464 g/mol. The van der Waals surface area contributed by atoms with Gasteiger partial charge in [-0.25, -0.2) is 9.59 Å². The fraction of sp³-hybridized carbons (Fsp3) is 0.455. The Kier molecular flexibility index (Phi) is 6.19. The molecule has 2 amide bonds. The van der Waals surface area contributed by atoms with Gasteiger partial charge in [0.15, 0.2) is 0 Å². The van der Waals surface area contributed by atoms with Crippen LogP contribution in [0.25, 0.3) is 0 Å². The maximum atomic E-state index is 12.8. The quantitative estimate of drug-likeness (QED) is 0.228. The van der Waals surface area contributed by atoms with Crippen LogP contribution in [-0.4, -0.2) is 73.6 Å². The summed E-state index contributed by atoms with van der Waals surface area (Å²) in [5.74, 6) is -4.16. The monoisotopic (exact) mass is 490 g/mol. The molecule has 34 heavy (non-hydrogen) atoms. The molecule has 3 aliphatic heterocycles. The Balaban J connectivity index is 1.48. The zero-order chi connectivity index (χ0) is 24.9. The fourth-order valence-corrected chi connectivity index (χ4v) is 6.34. The maximum absolute atomic E-state index is 12.8. The van der Waals surface area contributed by atoms with Gasteiger partial charge in [0.25, 0.3) is 0 Å². The van der Waals surface area contributed by atoms with Crippen LogP contribution >= 0.6 is 11.8 Å². The molecule has 2 fully saturated rings. The van der Waals surface area contributed by atoms with E-state index in [-0.39, 0.29) is 30.1 Å². The van der Waals surface area contributed by atoms with Gasteiger partial charge in [-0.1, -0.05) is 13.0 Å². The summed E-state index contributed by atoms with van der Waals surface area (Å²) < 4.78 is 0. The van der Waals surface area contributed by atoms with E-state index >= 15 is 0 Å². The highest BCUT2D eigenvalue weighted by Crippen LogP contribution is 2.53. The van der Waals surface area contributed by atoms with Crippen LogP contribution in [0.4, 0.5) is 5.69 Å². The first kappa shape index (κ1) is 24.2. The number of hydrogen-bond donors (Lipinski definition) is 6. The van der Waals surface area contributed by atoms with E-state index in [9.17, 15) is 29.4 Å². The molecular formula is C22H26N4O7S. The van der Waals surface area contributed by atoms with Crippen LogP contribution in [0.1, 0.15) is 30.6 Å². The minimum Gasteiger partial charge on any atom is -0.478 e. The average molecular weight is 491 g/mol. The number of aromatic carboxylic acids is 1. The number of carboxylic acid groups (broad SMARTS) is 2. The van der Waals surface area contributed by atoms with Crippen molar-refractivity contribution in [1.29, 1.82) is 0 Å². The van der Waals surface area contributed by atoms with Crippen molar-refractivity contribution in [3.63, 3.8) is 0 Å². The van der Waals surface area contributed by atoms with Crippen LogP contribution < -0.4 is 16.4 Å². The lowest BCUT2D eigenvalue weighted by Gasteiger charge is -2.46. The number of nitrogens with zero attached hydrogens (tertiary/aromatic N) is 1. The van der Waals surface area contributed by atoms with Crippen molar-refractivity contribution >= 4 is 41.2 Å². The van der Waals surface area contributed by atoms with Gasteiger partial charge in [0.05, 0.1) is 34.5 Å². The first-order valence-corrected chi connectivity index (χ1v) is 11.6. The molecule has 0 aliphatic carbocycles. The Morgan fingerprint density at radius 3 is 2.62 bits per heavy atom. The van der Waals surface area contributed by atoms with E-state index in [0.717, 1.165) is 11.8 Å². The molecule has 3 heterocycles. The predicted molar refractivity (Wildman–Crippen MR) is 123 cm³/mol. The number of thioether (sulfide) groups is 1. The fourth-order valence-electron chi connectivity index (χ4n) is 4.88. The number of rotatable bonds is 7. The SMILES string of the molecule is CC(O)[C@H]1C(=O)N2C(C(=O)O)=C(SC3(N)CNC(C(=O)Nc4cccc(C(=O)O)c4)C3)[C@H](C)[C@H]12. The standard InChI is InChI=1S/C22H26N4O7S/c1-9-15-14(10(2)27)19(29)26(15)16(21(32)33)17(9)34-22(23)7-13(24-8-22)18(28)25-12-5-3-4-11(6-12)20(30)31/h3-6,9-10,13-15,24,27H,7-8,23H2,1-2H3,(H,25,28)(H,30,31)(H,32,33)/t9-,10?,13?,14-,15-,22?/m1/s1. The van der Waals surface area contributed by atoms with Crippen molar-refractivity contribution in [3.05, 3.63) is 40.4 Å². The summed E-state index contributed by atoms with van der Waals surface area (Å²) in [5, 5.41) is 34.6. The molecule has 0 spiro atoms. The maximum Gasteiger partial charge on any atom is 0.353 e. The minimum atomic E-state index is -1.24. The number of carbonyl (C=O) groups excluding carboxylic acids is 2. The Hall–Kier alpha value is -2.93. The van der Waals surface area contributed by atoms with Crippen molar-refractivity contribution in [2.24, 2.45) is 17.6 Å². The zero-order valence-electron chi connectivity index (χ0n) is 18.5. The lowest BCUT2D eigenvalue weighted by molar-refractivity contribution is -0.163. The van der Waals surface area contributed by atoms with Gasteiger partial charge in [-0.05, 0) is 25.1 Å². The number of carboxylic acids is 2. The third-order valence-electron chi connectivity index (χ3n) is 6.52. The van der Waals surface area contributed by atoms with Crippen molar-refractivity contribution in [1.82, 2.24) is 10.2 Å². The lowest BCUT2D eigenvalue weighted by Crippen LogP contribution is -2.63. The van der Waals surface area contributed by atoms with Crippen molar-refractivity contribution in [2.45, 2.75) is 43.3 Å². The summed E-state index contributed by atoms with van der Waals surface area (Å²) in [5.41, 5.74) is 6.81. The normalized spacial score (nSPS) is 31.2. The third-order valence-corrected chi connectivity index (χ3v) is 8.02. The number of nitrogens with two attached hydrogens (primary N) is 1. The van der Waals surface area contributed by atoms with Crippen LogP contribution in [0.2, 0.25) is 0 Å². The molecule has 6 atom stereocenters. The van der Waals surface area contributed by atoms with Crippen molar-refractivity contribution in [2.75, 3.05) is 11.9 Å². The van der Waals surface area contributed by atoms with Crippen molar-refractivity contribution < 1.29 is 34.5 Å². The number of β-lactam (4-membered cyclic amide) rings is 1. The number of aliphatic carboxylic acids is 1. The van der Waals surface area contributed by atoms with Gasteiger partial charge < -0.3 is 36.6 Å². The summed E-state index contributed by atoms with van der Waals surface area (Å²) in [6, 6.07) is 4.74. The highest BCUT2D eigenvalue weighted by Gasteiger charge is 2.60. The second kappa shape index (κ2) is 8.69. The molecule has 4 rings (SSSR count). The van der Waals surface area contributed by atoms with Crippen LogP contribution in [-0.2, 0) is 14.4 Å². The largest absolute Gasteiger partial charge is 0.478 e. The Morgan fingerprint density at radius 2 is 2.00 bits per heavy atom. The number of aliphatic hydroxyl groups is 1. The van der Waals surface area contributed by atoms with Gasteiger partial charge in [-0.15, -0.1) is 11.8 Å². The molecule has 0 saturated carbocycles. The molecule has 0 radical (unpaired) electrons. The highest BCUT2D eigenvalue weighted by atomic mass is 32.2. The third kappa shape index (κ3) is 4.06. The molecule has 11 nitrogen and oxygen atoms in total. The number of nitrogens with one attached hydrogen (secondary N) is 2. The van der Waals surface area contributed by atoms with E-state index in [2.05, 4.69) is 10.6 Å². The van der Waals surface area contributed by atoms with Gasteiger partial charge in [-0.3, -0.25) is 9.59 Å². The van der Waals surface area contributed by atoms with E-state index in [1.807, 2.05) is 6.92 Å². The van der Waals surface area contributed by atoms with Crippen LogP contribution in [0.5, 0.6) is 0 Å². The minimum absolute atomic E-state index is 0.0407. The second-order valence-electron chi connectivity index (χ2n) is 8.95. The first-order chi connectivity index (χ1) is 15.9. The molecule has 1 aromatic rings. The van der Waals surface area contributed by atoms with Gasteiger partial charge in [0.2, 0.25) is 11.8 Å². The Labute approximate surface area is 199 Å². The Bertz CT molecular complexity index is 1110. The van der Waals surface area contributed by atoms with Crippen LogP contribution in [0.3, 0.4) is 0 Å². The number of carbonyl (C=O) groups is 4. The van der Waals surface area contributed by atoms with Crippen LogP contribution in [0, 0.1) is 11.8 Å². The van der Waals surface area contributed by atoms with Gasteiger partial charge in [0.1, 0.15) is 5.70 Å². The number of anilines is 1. The highest BCUT2D eigenvalue weighted by molar-refractivity contribution is 8.04.